The highest BCUT2D eigenvalue weighted by atomic mass is 35.5. The Kier molecular flexibility index (Phi) is 7.69. The molecule has 3 rings (SSSR count). The van der Waals surface area contributed by atoms with Crippen LogP contribution in [0.25, 0.3) is 11.2 Å². The highest BCUT2D eigenvalue weighted by molar-refractivity contribution is 5.69. The Labute approximate surface area is 186 Å². The zero-order chi connectivity index (χ0) is 22.2. The molecule has 0 amide bonds. The van der Waals surface area contributed by atoms with Gasteiger partial charge in [-0.05, 0) is 44.0 Å². The van der Waals surface area contributed by atoms with E-state index in [4.69, 9.17) is 0 Å². The largest absolute Gasteiger partial charge is 1.00 e. The molecule has 0 radical (unpaired) electrons. The number of aromatic hydroxyl groups is 1. The van der Waals surface area contributed by atoms with E-state index in [1.165, 1.54) is 11.6 Å². The molecule has 31 heavy (non-hydrogen) atoms. The topological polar surface area (TPSA) is 119 Å². The molecule has 1 aromatic carbocycles. The van der Waals surface area contributed by atoms with Crippen LogP contribution in [0.3, 0.4) is 0 Å². The second kappa shape index (κ2) is 9.67. The molecule has 2 aromatic heterocycles. The number of nitrogens with zero attached hydrogens (tertiary/aromatic N) is 4. The van der Waals surface area contributed by atoms with Crippen LogP contribution in [0.1, 0.15) is 37.5 Å². The Morgan fingerprint density at radius 3 is 2.48 bits per heavy atom. The predicted octanol–water partition coefficient (Wildman–Crippen LogP) is -3.08. The summed E-state index contributed by atoms with van der Waals surface area (Å²) in [6.07, 6.45) is 1.68. The molecule has 3 unspecified atom stereocenters. The number of phenols is 1. The van der Waals surface area contributed by atoms with Crippen molar-refractivity contribution in [2.75, 3.05) is 0 Å². The number of rotatable bonds is 7. The molecule has 9 nitrogen and oxygen atoms in total. The third kappa shape index (κ3) is 4.84. The van der Waals surface area contributed by atoms with Gasteiger partial charge in [0.1, 0.15) is 17.9 Å². The van der Waals surface area contributed by atoms with Gasteiger partial charge in [-0.1, -0.05) is 6.07 Å². The third-order valence-electron chi connectivity index (χ3n) is 5.74. The Morgan fingerprint density at radius 2 is 1.84 bits per heavy atom. The van der Waals surface area contributed by atoms with E-state index >= 15 is 0 Å². The number of aliphatic hydroxyl groups excluding tert-OH is 1. The number of fused-ring (bicyclic) bond motifs is 1. The van der Waals surface area contributed by atoms with Crippen molar-refractivity contribution >= 4 is 11.2 Å². The van der Waals surface area contributed by atoms with Gasteiger partial charge < -0.3 is 32.5 Å². The van der Waals surface area contributed by atoms with E-state index in [1.54, 1.807) is 43.1 Å². The SMILES string of the molecule is Cc1cc(C(O)C(C)[NH2+]C(C)CCn2cnc3c2c(=O)n(C)c(=O)n3C)ccc1O.[Cl-]. The molecule has 4 N–H and O–H groups in total. The van der Waals surface area contributed by atoms with Crippen molar-refractivity contribution in [2.24, 2.45) is 14.1 Å². The van der Waals surface area contributed by atoms with Crippen molar-refractivity contribution in [1.29, 1.82) is 0 Å². The summed E-state index contributed by atoms with van der Waals surface area (Å²) in [7, 11) is 3.07. The van der Waals surface area contributed by atoms with Crippen molar-refractivity contribution in [3.63, 3.8) is 0 Å². The molecule has 0 bridgehead atoms. The standard InChI is InChI=1S/C21H29N5O4.ClH/c1-12-10-15(6-7-16(12)27)18(28)14(3)23-13(2)8-9-26-11-22-19-17(26)20(29)25(5)21(30)24(19)4;/h6-7,10-11,13-14,18,23,27-28H,8-9H2,1-5H3;1H. The summed E-state index contributed by atoms with van der Waals surface area (Å²) in [6, 6.07) is 5.23. The highest BCUT2D eigenvalue weighted by Gasteiger charge is 2.23. The minimum atomic E-state index is -0.664. The first-order valence-electron chi connectivity index (χ1n) is 10.0. The summed E-state index contributed by atoms with van der Waals surface area (Å²) in [5.41, 5.74) is 1.55. The number of aromatic nitrogens is 4. The molecule has 3 aromatic rings. The van der Waals surface area contributed by atoms with Crippen LogP contribution in [-0.4, -0.2) is 41.0 Å². The molecule has 0 aliphatic heterocycles. The molecule has 0 aliphatic carbocycles. The minimum Gasteiger partial charge on any atom is -1.00 e. The molecule has 10 heteroatoms. The van der Waals surface area contributed by atoms with Crippen LogP contribution >= 0.6 is 0 Å². The first kappa shape index (κ1) is 24.6. The van der Waals surface area contributed by atoms with Gasteiger partial charge in [-0.15, -0.1) is 0 Å². The molecule has 0 spiro atoms. The number of hydrogen-bond donors (Lipinski definition) is 3. The third-order valence-corrected chi connectivity index (χ3v) is 5.74. The van der Waals surface area contributed by atoms with Crippen molar-refractivity contribution < 1.29 is 27.9 Å². The lowest BCUT2D eigenvalue weighted by atomic mass is 10.0. The number of nitrogens with two attached hydrogens (primary N) is 1. The van der Waals surface area contributed by atoms with Gasteiger partial charge in [0.25, 0.3) is 5.56 Å². The molecule has 2 heterocycles. The first-order valence-corrected chi connectivity index (χ1v) is 10.0. The number of hydrogen-bond acceptors (Lipinski definition) is 5. The normalized spacial score (nSPS) is 14.3. The summed E-state index contributed by atoms with van der Waals surface area (Å²) in [4.78, 5) is 28.8. The van der Waals surface area contributed by atoms with E-state index in [-0.39, 0.29) is 35.8 Å². The maximum Gasteiger partial charge on any atom is 0.332 e. The van der Waals surface area contributed by atoms with Crippen molar-refractivity contribution in [3.05, 3.63) is 56.5 Å². The Morgan fingerprint density at radius 1 is 1.16 bits per heavy atom. The van der Waals surface area contributed by atoms with Crippen LogP contribution in [0.5, 0.6) is 5.75 Å². The van der Waals surface area contributed by atoms with Gasteiger partial charge >= 0.3 is 5.69 Å². The van der Waals surface area contributed by atoms with E-state index in [0.29, 0.717) is 17.7 Å². The Balaban J connectivity index is 0.00000341. The smallest absolute Gasteiger partial charge is 0.332 e. The summed E-state index contributed by atoms with van der Waals surface area (Å²) >= 11 is 0. The molecule has 170 valence electrons. The number of imidazole rings is 1. The number of benzene rings is 1. The van der Waals surface area contributed by atoms with Gasteiger partial charge in [0, 0.05) is 27.1 Å². The molecule has 0 saturated carbocycles. The molecular formula is C21H30ClN5O4. The summed E-state index contributed by atoms with van der Waals surface area (Å²) in [5, 5.41) is 22.4. The fraction of sp³-hybridized carbons (Fsp3) is 0.476. The van der Waals surface area contributed by atoms with E-state index in [9.17, 15) is 19.8 Å². The maximum atomic E-state index is 12.5. The van der Waals surface area contributed by atoms with Crippen molar-refractivity contribution in [2.45, 2.75) is 51.9 Å². The number of halogens is 1. The van der Waals surface area contributed by atoms with Gasteiger partial charge in [-0.3, -0.25) is 13.9 Å². The van der Waals surface area contributed by atoms with Gasteiger partial charge in [0.05, 0.1) is 12.4 Å². The zero-order valence-corrected chi connectivity index (χ0v) is 19.2. The van der Waals surface area contributed by atoms with Gasteiger partial charge in [0.15, 0.2) is 11.2 Å². The van der Waals surface area contributed by atoms with E-state index in [0.717, 1.165) is 22.1 Å². The molecule has 3 atom stereocenters. The lowest BCUT2D eigenvalue weighted by molar-refractivity contribution is -0.723. The predicted molar refractivity (Wildman–Crippen MR) is 113 cm³/mol. The number of aryl methyl sites for hydroxylation is 3. The molecule has 0 saturated heterocycles. The molecule has 0 fully saturated rings. The lowest BCUT2D eigenvalue weighted by Crippen LogP contribution is -3.00. The maximum absolute atomic E-state index is 12.5. The van der Waals surface area contributed by atoms with Crippen LogP contribution in [0, 0.1) is 6.92 Å². The van der Waals surface area contributed by atoms with E-state index < -0.39 is 11.8 Å². The van der Waals surface area contributed by atoms with Gasteiger partial charge in [-0.2, -0.15) is 0 Å². The summed E-state index contributed by atoms with van der Waals surface area (Å²) in [5.74, 6) is 0.215. The lowest BCUT2D eigenvalue weighted by Gasteiger charge is -2.22. The average molecular weight is 452 g/mol. The monoisotopic (exact) mass is 451 g/mol. The van der Waals surface area contributed by atoms with Gasteiger partial charge in [-0.25, -0.2) is 9.78 Å². The first-order chi connectivity index (χ1) is 14.1. The van der Waals surface area contributed by atoms with Crippen LogP contribution in [-0.2, 0) is 20.6 Å². The van der Waals surface area contributed by atoms with Crippen LogP contribution in [0.4, 0.5) is 0 Å². The van der Waals surface area contributed by atoms with E-state index in [1.807, 2.05) is 6.92 Å². The molecule has 0 aliphatic rings. The highest BCUT2D eigenvalue weighted by Crippen LogP contribution is 2.22. The van der Waals surface area contributed by atoms with Crippen molar-refractivity contribution in [3.8, 4) is 5.75 Å². The number of quaternary nitrogens is 1. The fourth-order valence-corrected chi connectivity index (χ4v) is 3.80. The van der Waals surface area contributed by atoms with Crippen LogP contribution in [0.15, 0.2) is 34.1 Å². The number of phenolic OH excluding ortho intramolecular Hbond substituents is 1. The van der Waals surface area contributed by atoms with Crippen LogP contribution in [0.2, 0.25) is 0 Å². The molecular weight excluding hydrogens is 422 g/mol. The average Bonchev–Trinajstić information content (AvgIpc) is 3.14. The van der Waals surface area contributed by atoms with E-state index in [2.05, 4.69) is 17.2 Å². The zero-order valence-electron chi connectivity index (χ0n) is 18.4. The Hall–Kier alpha value is -2.62. The van der Waals surface area contributed by atoms with Gasteiger partial charge in [0.2, 0.25) is 0 Å². The number of aliphatic hydroxyl groups is 1. The second-order valence-electron chi connectivity index (χ2n) is 8.12. The van der Waals surface area contributed by atoms with Crippen molar-refractivity contribution in [1.82, 2.24) is 18.7 Å². The summed E-state index contributed by atoms with van der Waals surface area (Å²) in [6.45, 7) is 6.40. The fourth-order valence-electron chi connectivity index (χ4n) is 3.80. The van der Waals surface area contributed by atoms with Crippen LogP contribution < -0.4 is 29.0 Å². The summed E-state index contributed by atoms with van der Waals surface area (Å²) < 4.78 is 4.25. The second-order valence-corrected chi connectivity index (χ2v) is 8.12. The Bertz CT molecular complexity index is 1180. The minimum absolute atomic E-state index is 0. The quantitative estimate of drug-likeness (QED) is 0.352.